The number of hydrogen-bond donors (Lipinski definition) is 2. The molecule has 0 bridgehead atoms. The molecule has 1 aliphatic rings. The lowest BCUT2D eigenvalue weighted by Crippen LogP contribution is -2.37. The second-order valence-corrected chi connectivity index (χ2v) is 4.48. The van der Waals surface area contributed by atoms with Crippen molar-refractivity contribution in [3.05, 3.63) is 35.1 Å². The predicted molar refractivity (Wildman–Crippen MR) is 67.3 cm³/mol. The van der Waals surface area contributed by atoms with Crippen LogP contribution in [-0.4, -0.2) is 24.0 Å². The van der Waals surface area contributed by atoms with Crippen LogP contribution in [-0.2, 0) is 13.1 Å². The zero-order valence-electron chi connectivity index (χ0n) is 10.3. The number of nitrogens with zero attached hydrogens (tertiary/aromatic N) is 1. The van der Waals surface area contributed by atoms with Gasteiger partial charge < -0.3 is 16.0 Å². The maximum Gasteiger partial charge on any atom is 0.317 e. The van der Waals surface area contributed by atoms with E-state index in [-0.39, 0.29) is 18.4 Å². The normalized spacial score (nSPS) is 14.9. The Bertz CT molecular complexity index is 430. The number of benzene rings is 1. The number of carbonyl (C=O) groups excluding carboxylic acids is 1. The first-order valence-electron chi connectivity index (χ1n) is 6.21. The summed E-state index contributed by atoms with van der Waals surface area (Å²) in [6.07, 6.45) is 2.10. The summed E-state index contributed by atoms with van der Waals surface area (Å²) in [7, 11) is 0. The van der Waals surface area contributed by atoms with Crippen molar-refractivity contribution in [2.75, 3.05) is 13.1 Å². The molecule has 5 heteroatoms. The molecule has 0 spiro atoms. The van der Waals surface area contributed by atoms with E-state index < -0.39 is 0 Å². The van der Waals surface area contributed by atoms with Gasteiger partial charge in [0, 0.05) is 31.7 Å². The van der Waals surface area contributed by atoms with Crippen LogP contribution < -0.4 is 11.1 Å². The number of hydrogen-bond acceptors (Lipinski definition) is 2. The summed E-state index contributed by atoms with van der Waals surface area (Å²) in [4.78, 5) is 13.5. The molecule has 1 aliphatic heterocycles. The van der Waals surface area contributed by atoms with Crippen molar-refractivity contribution < 1.29 is 9.18 Å². The lowest BCUT2D eigenvalue weighted by atomic mass is 10.1. The Hall–Kier alpha value is -1.62. The molecule has 1 saturated heterocycles. The predicted octanol–water partition coefficient (Wildman–Crippen LogP) is 1.59. The van der Waals surface area contributed by atoms with Gasteiger partial charge in [-0.3, -0.25) is 0 Å². The molecule has 1 aromatic rings. The minimum absolute atomic E-state index is 0.116. The molecule has 98 valence electrons. The number of urea groups is 1. The minimum Gasteiger partial charge on any atom is -0.334 e. The molecule has 2 rings (SSSR count). The van der Waals surface area contributed by atoms with Crippen LogP contribution in [0.1, 0.15) is 24.0 Å². The SMILES string of the molecule is NCc1ccc(CNC(=O)N2CCCC2)c(F)c1. The van der Waals surface area contributed by atoms with Crippen LogP contribution in [0.3, 0.4) is 0 Å². The first-order chi connectivity index (χ1) is 8.70. The number of rotatable bonds is 3. The highest BCUT2D eigenvalue weighted by molar-refractivity contribution is 5.74. The molecule has 0 radical (unpaired) electrons. The monoisotopic (exact) mass is 251 g/mol. The van der Waals surface area contributed by atoms with Crippen LogP contribution in [0.5, 0.6) is 0 Å². The summed E-state index contributed by atoms with van der Waals surface area (Å²) in [6, 6.07) is 4.74. The first kappa shape index (κ1) is 12.8. The van der Waals surface area contributed by atoms with Gasteiger partial charge in [-0.05, 0) is 24.5 Å². The molecule has 0 saturated carbocycles. The Morgan fingerprint density at radius 1 is 1.39 bits per heavy atom. The van der Waals surface area contributed by atoms with E-state index in [1.54, 1.807) is 17.0 Å². The molecule has 18 heavy (non-hydrogen) atoms. The lowest BCUT2D eigenvalue weighted by molar-refractivity contribution is 0.208. The molecular weight excluding hydrogens is 233 g/mol. The third-order valence-corrected chi connectivity index (χ3v) is 3.18. The van der Waals surface area contributed by atoms with Gasteiger partial charge in [0.25, 0.3) is 0 Å². The van der Waals surface area contributed by atoms with Gasteiger partial charge in [-0.2, -0.15) is 0 Å². The largest absolute Gasteiger partial charge is 0.334 e. The van der Waals surface area contributed by atoms with E-state index in [4.69, 9.17) is 5.73 Å². The van der Waals surface area contributed by atoms with Gasteiger partial charge >= 0.3 is 6.03 Å². The molecule has 3 N–H and O–H groups in total. The molecule has 4 nitrogen and oxygen atoms in total. The second-order valence-electron chi connectivity index (χ2n) is 4.48. The van der Waals surface area contributed by atoms with Crippen LogP contribution >= 0.6 is 0 Å². The van der Waals surface area contributed by atoms with Gasteiger partial charge in [-0.25, -0.2) is 9.18 Å². The van der Waals surface area contributed by atoms with Crippen molar-refractivity contribution in [2.24, 2.45) is 5.73 Å². The number of carbonyl (C=O) groups is 1. The van der Waals surface area contributed by atoms with E-state index in [9.17, 15) is 9.18 Å². The van der Waals surface area contributed by atoms with Gasteiger partial charge in [0.05, 0.1) is 0 Å². The topological polar surface area (TPSA) is 58.4 Å². The summed E-state index contributed by atoms with van der Waals surface area (Å²) >= 11 is 0. The quantitative estimate of drug-likeness (QED) is 0.857. The fourth-order valence-electron chi connectivity index (χ4n) is 2.06. The Morgan fingerprint density at radius 2 is 2.11 bits per heavy atom. The molecule has 1 fully saturated rings. The van der Waals surface area contributed by atoms with Crippen LogP contribution in [0.15, 0.2) is 18.2 Å². The lowest BCUT2D eigenvalue weighted by Gasteiger charge is -2.16. The minimum atomic E-state index is -0.320. The van der Waals surface area contributed by atoms with Gasteiger partial charge in [-0.1, -0.05) is 12.1 Å². The Morgan fingerprint density at radius 3 is 2.72 bits per heavy atom. The van der Waals surface area contributed by atoms with Gasteiger partial charge in [-0.15, -0.1) is 0 Å². The zero-order valence-corrected chi connectivity index (χ0v) is 10.3. The number of nitrogens with one attached hydrogen (secondary N) is 1. The van der Waals surface area contributed by atoms with E-state index in [2.05, 4.69) is 5.32 Å². The maximum absolute atomic E-state index is 13.6. The summed E-state index contributed by atoms with van der Waals surface area (Å²) in [5.74, 6) is -0.320. The van der Waals surface area contributed by atoms with Crippen LogP contribution in [0.25, 0.3) is 0 Å². The van der Waals surface area contributed by atoms with Crippen molar-refractivity contribution in [1.29, 1.82) is 0 Å². The highest BCUT2D eigenvalue weighted by Gasteiger charge is 2.17. The van der Waals surface area contributed by atoms with Crippen molar-refractivity contribution >= 4 is 6.03 Å². The molecule has 0 unspecified atom stereocenters. The first-order valence-corrected chi connectivity index (χ1v) is 6.21. The average molecular weight is 251 g/mol. The van der Waals surface area contributed by atoms with E-state index in [0.717, 1.165) is 31.5 Å². The number of halogens is 1. The molecule has 2 amide bonds. The molecular formula is C13H18FN3O. The fraction of sp³-hybridized carbons (Fsp3) is 0.462. The standard InChI is InChI=1S/C13H18FN3O/c14-12-7-10(8-15)3-4-11(12)9-16-13(18)17-5-1-2-6-17/h3-4,7H,1-2,5-6,8-9,15H2,(H,16,18). The van der Waals surface area contributed by atoms with Crippen molar-refractivity contribution in [1.82, 2.24) is 10.2 Å². The van der Waals surface area contributed by atoms with Crippen LogP contribution in [0.4, 0.5) is 9.18 Å². The molecule has 0 atom stereocenters. The van der Waals surface area contributed by atoms with Crippen LogP contribution in [0, 0.1) is 5.82 Å². The summed E-state index contributed by atoms with van der Waals surface area (Å²) in [6.45, 7) is 2.12. The zero-order chi connectivity index (χ0) is 13.0. The van der Waals surface area contributed by atoms with Crippen molar-refractivity contribution in [2.45, 2.75) is 25.9 Å². The third kappa shape index (κ3) is 2.98. The van der Waals surface area contributed by atoms with E-state index in [1.165, 1.54) is 6.07 Å². The van der Waals surface area contributed by atoms with E-state index in [0.29, 0.717) is 12.1 Å². The molecule has 1 aromatic carbocycles. The third-order valence-electron chi connectivity index (χ3n) is 3.18. The van der Waals surface area contributed by atoms with E-state index in [1.807, 2.05) is 0 Å². The molecule has 0 aromatic heterocycles. The highest BCUT2D eigenvalue weighted by Crippen LogP contribution is 2.11. The number of amides is 2. The summed E-state index contributed by atoms with van der Waals surface area (Å²) in [5, 5.41) is 2.73. The molecule has 1 heterocycles. The van der Waals surface area contributed by atoms with Gasteiger partial charge in [0.15, 0.2) is 0 Å². The Balaban J connectivity index is 1.91. The second kappa shape index (κ2) is 5.82. The average Bonchev–Trinajstić information content (AvgIpc) is 2.90. The van der Waals surface area contributed by atoms with E-state index >= 15 is 0 Å². The molecule has 0 aliphatic carbocycles. The van der Waals surface area contributed by atoms with Gasteiger partial charge in [0.2, 0.25) is 0 Å². The fourth-order valence-corrected chi connectivity index (χ4v) is 2.06. The Labute approximate surface area is 106 Å². The maximum atomic E-state index is 13.6. The van der Waals surface area contributed by atoms with Crippen molar-refractivity contribution in [3.8, 4) is 0 Å². The number of likely N-dealkylation sites (tertiary alicyclic amines) is 1. The summed E-state index contributed by atoms with van der Waals surface area (Å²) in [5.41, 5.74) is 6.67. The summed E-state index contributed by atoms with van der Waals surface area (Å²) < 4.78 is 13.6. The highest BCUT2D eigenvalue weighted by atomic mass is 19.1. The smallest absolute Gasteiger partial charge is 0.317 e. The van der Waals surface area contributed by atoms with Crippen molar-refractivity contribution in [3.63, 3.8) is 0 Å². The van der Waals surface area contributed by atoms with Crippen LogP contribution in [0.2, 0.25) is 0 Å². The van der Waals surface area contributed by atoms with Gasteiger partial charge in [0.1, 0.15) is 5.82 Å². The Kier molecular flexibility index (Phi) is 4.15. The number of nitrogens with two attached hydrogens (primary N) is 1.